The highest BCUT2D eigenvalue weighted by Crippen LogP contribution is 2.08. The first kappa shape index (κ1) is 12.4. The van der Waals surface area contributed by atoms with Gasteiger partial charge < -0.3 is 10.5 Å². The molecule has 0 aromatic carbocycles. The van der Waals surface area contributed by atoms with E-state index in [4.69, 9.17) is 5.73 Å². The SMILES string of the molecule is COC(=O)C(N)CCc1cncc(I)c1. The first-order chi connectivity index (χ1) is 7.13. The maximum atomic E-state index is 11.0. The average Bonchev–Trinajstić information content (AvgIpc) is 2.25. The Kier molecular flexibility index (Phi) is 4.97. The number of esters is 1. The monoisotopic (exact) mass is 320 g/mol. The molecule has 0 saturated carbocycles. The van der Waals surface area contributed by atoms with E-state index in [0.29, 0.717) is 6.42 Å². The first-order valence-corrected chi connectivity index (χ1v) is 5.64. The van der Waals surface area contributed by atoms with Crippen molar-refractivity contribution < 1.29 is 9.53 Å². The summed E-state index contributed by atoms with van der Waals surface area (Å²) in [5, 5.41) is 0. The van der Waals surface area contributed by atoms with Crippen LogP contribution in [0.4, 0.5) is 0 Å². The fraction of sp³-hybridized carbons (Fsp3) is 0.400. The van der Waals surface area contributed by atoms with Crippen molar-refractivity contribution in [3.63, 3.8) is 0 Å². The number of rotatable bonds is 4. The van der Waals surface area contributed by atoms with E-state index in [2.05, 4.69) is 32.3 Å². The first-order valence-electron chi connectivity index (χ1n) is 4.56. The molecular weight excluding hydrogens is 307 g/mol. The molecule has 4 nitrogen and oxygen atoms in total. The van der Waals surface area contributed by atoms with Crippen LogP contribution in [0.15, 0.2) is 18.5 Å². The molecule has 0 radical (unpaired) electrons. The van der Waals surface area contributed by atoms with E-state index in [0.717, 1.165) is 15.6 Å². The number of hydrogen-bond donors (Lipinski definition) is 1. The number of pyridine rings is 1. The molecule has 0 fully saturated rings. The van der Waals surface area contributed by atoms with E-state index >= 15 is 0 Å². The van der Waals surface area contributed by atoms with Gasteiger partial charge in [-0.25, -0.2) is 0 Å². The third kappa shape index (κ3) is 4.13. The molecule has 0 bridgehead atoms. The summed E-state index contributed by atoms with van der Waals surface area (Å²) in [7, 11) is 1.34. The number of ether oxygens (including phenoxy) is 1. The third-order valence-electron chi connectivity index (χ3n) is 2.01. The molecule has 1 aromatic heterocycles. The maximum absolute atomic E-state index is 11.0. The van der Waals surface area contributed by atoms with Crippen LogP contribution in [-0.2, 0) is 16.0 Å². The minimum Gasteiger partial charge on any atom is -0.468 e. The number of carbonyl (C=O) groups is 1. The molecule has 0 aliphatic rings. The lowest BCUT2D eigenvalue weighted by atomic mass is 10.1. The van der Waals surface area contributed by atoms with Crippen LogP contribution in [0.25, 0.3) is 0 Å². The quantitative estimate of drug-likeness (QED) is 0.667. The van der Waals surface area contributed by atoms with Gasteiger partial charge in [0.1, 0.15) is 6.04 Å². The molecule has 2 N–H and O–H groups in total. The Labute approximate surface area is 102 Å². The Bertz CT molecular complexity index is 344. The molecule has 0 aliphatic carbocycles. The van der Waals surface area contributed by atoms with E-state index < -0.39 is 6.04 Å². The van der Waals surface area contributed by atoms with Crippen LogP contribution in [0.1, 0.15) is 12.0 Å². The molecular formula is C10H13IN2O2. The molecule has 0 aliphatic heterocycles. The Balaban J connectivity index is 2.47. The molecule has 0 amide bonds. The van der Waals surface area contributed by atoms with Crippen LogP contribution in [0.3, 0.4) is 0 Å². The van der Waals surface area contributed by atoms with Gasteiger partial charge in [0.25, 0.3) is 0 Å². The van der Waals surface area contributed by atoms with E-state index in [1.165, 1.54) is 7.11 Å². The van der Waals surface area contributed by atoms with Crippen molar-refractivity contribution >= 4 is 28.6 Å². The average molecular weight is 320 g/mol. The van der Waals surface area contributed by atoms with Crippen LogP contribution in [0.5, 0.6) is 0 Å². The van der Waals surface area contributed by atoms with Gasteiger partial charge in [-0.1, -0.05) is 0 Å². The number of nitrogens with two attached hydrogens (primary N) is 1. The van der Waals surface area contributed by atoms with E-state index in [-0.39, 0.29) is 5.97 Å². The largest absolute Gasteiger partial charge is 0.468 e. The van der Waals surface area contributed by atoms with Gasteiger partial charge in [0.05, 0.1) is 7.11 Å². The van der Waals surface area contributed by atoms with Gasteiger partial charge >= 0.3 is 5.97 Å². The summed E-state index contributed by atoms with van der Waals surface area (Å²) in [4.78, 5) is 15.1. The number of aryl methyl sites for hydroxylation is 1. The smallest absolute Gasteiger partial charge is 0.322 e. The number of halogens is 1. The summed E-state index contributed by atoms with van der Waals surface area (Å²) >= 11 is 2.20. The van der Waals surface area contributed by atoms with Gasteiger partial charge in [0.2, 0.25) is 0 Å². The number of aromatic nitrogens is 1. The highest BCUT2D eigenvalue weighted by molar-refractivity contribution is 14.1. The minimum absolute atomic E-state index is 0.367. The summed E-state index contributed by atoms with van der Waals surface area (Å²) in [6.07, 6.45) is 4.88. The lowest BCUT2D eigenvalue weighted by molar-refractivity contribution is -0.142. The molecule has 1 rings (SSSR count). The van der Waals surface area contributed by atoms with Crippen molar-refractivity contribution in [1.82, 2.24) is 4.98 Å². The number of hydrogen-bond acceptors (Lipinski definition) is 4. The number of carbonyl (C=O) groups excluding carboxylic acids is 1. The second-order valence-corrected chi connectivity index (χ2v) is 4.43. The van der Waals surface area contributed by atoms with Crippen molar-refractivity contribution in [3.05, 3.63) is 27.6 Å². The van der Waals surface area contributed by atoms with Crippen molar-refractivity contribution in [2.24, 2.45) is 5.73 Å². The summed E-state index contributed by atoms with van der Waals surface area (Å²) in [5.74, 6) is -0.367. The molecule has 1 unspecified atom stereocenters. The van der Waals surface area contributed by atoms with Crippen molar-refractivity contribution in [2.75, 3.05) is 7.11 Å². The van der Waals surface area contributed by atoms with Crippen molar-refractivity contribution in [3.8, 4) is 0 Å². The highest BCUT2D eigenvalue weighted by atomic mass is 127. The minimum atomic E-state index is -0.548. The maximum Gasteiger partial charge on any atom is 0.322 e. The zero-order valence-electron chi connectivity index (χ0n) is 8.44. The predicted molar refractivity (Wildman–Crippen MR) is 65.3 cm³/mol. The summed E-state index contributed by atoms with van der Waals surface area (Å²) < 4.78 is 5.62. The topological polar surface area (TPSA) is 65.2 Å². The van der Waals surface area contributed by atoms with Crippen LogP contribution in [-0.4, -0.2) is 24.1 Å². The Morgan fingerprint density at radius 2 is 2.40 bits per heavy atom. The van der Waals surface area contributed by atoms with E-state index in [1.807, 2.05) is 6.07 Å². The van der Waals surface area contributed by atoms with Gasteiger partial charge in [0, 0.05) is 16.0 Å². The molecule has 5 heteroatoms. The molecule has 1 atom stereocenters. The second-order valence-electron chi connectivity index (χ2n) is 3.18. The van der Waals surface area contributed by atoms with Gasteiger partial charge in [-0.2, -0.15) is 0 Å². The van der Waals surface area contributed by atoms with E-state index in [1.54, 1.807) is 12.4 Å². The zero-order valence-corrected chi connectivity index (χ0v) is 10.6. The molecule has 0 saturated heterocycles. The fourth-order valence-electron chi connectivity index (χ4n) is 1.18. The summed E-state index contributed by atoms with van der Waals surface area (Å²) in [6.45, 7) is 0. The van der Waals surface area contributed by atoms with Crippen molar-refractivity contribution in [2.45, 2.75) is 18.9 Å². The van der Waals surface area contributed by atoms with Crippen molar-refractivity contribution in [1.29, 1.82) is 0 Å². The highest BCUT2D eigenvalue weighted by Gasteiger charge is 2.13. The fourth-order valence-corrected chi connectivity index (χ4v) is 1.74. The number of nitrogens with zero attached hydrogens (tertiary/aromatic N) is 1. The number of methoxy groups -OCH3 is 1. The molecule has 1 heterocycles. The van der Waals surface area contributed by atoms with E-state index in [9.17, 15) is 4.79 Å². The Hall–Kier alpha value is -0.690. The Morgan fingerprint density at radius 3 is 3.00 bits per heavy atom. The second kappa shape index (κ2) is 6.02. The zero-order chi connectivity index (χ0) is 11.3. The lowest BCUT2D eigenvalue weighted by Gasteiger charge is -2.08. The van der Waals surface area contributed by atoms with Crippen LogP contribution in [0.2, 0.25) is 0 Å². The van der Waals surface area contributed by atoms with Crippen LogP contribution >= 0.6 is 22.6 Å². The van der Waals surface area contributed by atoms with Gasteiger partial charge in [-0.3, -0.25) is 9.78 Å². The van der Waals surface area contributed by atoms with Gasteiger partial charge in [-0.05, 0) is 47.1 Å². The standard InChI is InChI=1S/C10H13IN2O2/c1-15-10(14)9(12)3-2-7-4-8(11)6-13-5-7/h4-6,9H,2-3,12H2,1H3. The lowest BCUT2D eigenvalue weighted by Crippen LogP contribution is -2.31. The summed E-state index contributed by atoms with van der Waals surface area (Å²) in [5.41, 5.74) is 6.70. The van der Waals surface area contributed by atoms with Gasteiger partial charge in [0.15, 0.2) is 0 Å². The molecule has 1 aromatic rings. The van der Waals surface area contributed by atoms with Crippen LogP contribution < -0.4 is 5.73 Å². The van der Waals surface area contributed by atoms with Crippen LogP contribution in [0, 0.1) is 3.57 Å². The normalized spacial score (nSPS) is 12.2. The summed E-state index contributed by atoms with van der Waals surface area (Å²) in [6, 6.07) is 1.48. The molecule has 15 heavy (non-hydrogen) atoms. The molecule has 82 valence electrons. The molecule has 0 spiro atoms. The Morgan fingerprint density at radius 1 is 1.67 bits per heavy atom. The third-order valence-corrected chi connectivity index (χ3v) is 2.60. The van der Waals surface area contributed by atoms with Gasteiger partial charge in [-0.15, -0.1) is 0 Å². The predicted octanol–water partition coefficient (Wildman–Crippen LogP) is 1.12.